The lowest BCUT2D eigenvalue weighted by molar-refractivity contribution is -0.138. The molecule has 0 aliphatic heterocycles. The molecule has 1 N–H and O–H groups in total. The standard InChI is InChI=1S/C13H18N2O3/c1-9(2)15(8-12(16)17)13(18)11-4-3-7-14(11)10-5-6-10/h3-4,7,9-10H,5-6,8H2,1-2H3,(H,16,17). The average Bonchev–Trinajstić information content (AvgIpc) is 3.02. The van der Waals surface area contributed by atoms with Gasteiger partial charge in [0.1, 0.15) is 12.2 Å². The number of carboxylic acids is 1. The van der Waals surface area contributed by atoms with Crippen molar-refractivity contribution in [3.8, 4) is 0 Å². The number of amides is 1. The number of hydrogen-bond donors (Lipinski definition) is 1. The molecule has 1 aromatic rings. The molecular weight excluding hydrogens is 232 g/mol. The highest BCUT2D eigenvalue weighted by atomic mass is 16.4. The summed E-state index contributed by atoms with van der Waals surface area (Å²) in [7, 11) is 0. The van der Waals surface area contributed by atoms with E-state index in [2.05, 4.69) is 0 Å². The summed E-state index contributed by atoms with van der Waals surface area (Å²) < 4.78 is 1.96. The lowest BCUT2D eigenvalue weighted by Gasteiger charge is -2.25. The molecule has 1 heterocycles. The molecule has 1 aliphatic rings. The molecule has 1 amide bonds. The van der Waals surface area contributed by atoms with E-state index in [1.54, 1.807) is 6.07 Å². The number of carbonyl (C=O) groups is 2. The number of hydrogen-bond acceptors (Lipinski definition) is 2. The van der Waals surface area contributed by atoms with Crippen molar-refractivity contribution in [3.05, 3.63) is 24.0 Å². The summed E-state index contributed by atoms with van der Waals surface area (Å²) in [6, 6.07) is 3.89. The van der Waals surface area contributed by atoms with Gasteiger partial charge in [-0.25, -0.2) is 0 Å². The van der Waals surface area contributed by atoms with Crippen molar-refractivity contribution >= 4 is 11.9 Å². The third-order valence-corrected chi connectivity index (χ3v) is 3.13. The van der Waals surface area contributed by atoms with E-state index in [0.29, 0.717) is 11.7 Å². The van der Waals surface area contributed by atoms with Gasteiger partial charge in [-0.2, -0.15) is 0 Å². The van der Waals surface area contributed by atoms with E-state index < -0.39 is 5.97 Å². The Balaban J connectivity index is 2.21. The largest absolute Gasteiger partial charge is 0.480 e. The van der Waals surface area contributed by atoms with E-state index in [1.807, 2.05) is 30.7 Å². The number of carboxylic acid groups (broad SMARTS) is 1. The minimum absolute atomic E-state index is 0.129. The van der Waals surface area contributed by atoms with Gasteiger partial charge in [0.25, 0.3) is 5.91 Å². The molecule has 0 unspecified atom stereocenters. The van der Waals surface area contributed by atoms with E-state index in [0.717, 1.165) is 12.8 Å². The zero-order valence-corrected chi connectivity index (χ0v) is 10.7. The summed E-state index contributed by atoms with van der Waals surface area (Å²) in [4.78, 5) is 24.6. The summed E-state index contributed by atoms with van der Waals surface area (Å²) >= 11 is 0. The molecule has 1 aliphatic carbocycles. The second-order valence-electron chi connectivity index (χ2n) is 4.95. The molecule has 2 rings (SSSR count). The Morgan fingerprint density at radius 2 is 2.17 bits per heavy atom. The lowest BCUT2D eigenvalue weighted by atomic mass is 10.2. The van der Waals surface area contributed by atoms with Crippen molar-refractivity contribution in [1.29, 1.82) is 0 Å². The van der Waals surface area contributed by atoms with Crippen LogP contribution in [0.4, 0.5) is 0 Å². The zero-order valence-electron chi connectivity index (χ0n) is 10.7. The summed E-state index contributed by atoms with van der Waals surface area (Å²) in [5.41, 5.74) is 0.590. The van der Waals surface area contributed by atoms with E-state index in [-0.39, 0.29) is 18.5 Å². The predicted octanol–water partition coefficient (Wildman–Crippen LogP) is 1.76. The van der Waals surface area contributed by atoms with Gasteiger partial charge >= 0.3 is 5.97 Å². The van der Waals surface area contributed by atoms with Crippen molar-refractivity contribution in [2.24, 2.45) is 0 Å². The van der Waals surface area contributed by atoms with Gasteiger partial charge in [0.2, 0.25) is 0 Å². The Hall–Kier alpha value is -1.78. The number of aromatic nitrogens is 1. The molecule has 5 nitrogen and oxygen atoms in total. The van der Waals surface area contributed by atoms with Crippen molar-refractivity contribution in [1.82, 2.24) is 9.47 Å². The van der Waals surface area contributed by atoms with Crippen LogP contribution < -0.4 is 0 Å². The highest BCUT2D eigenvalue weighted by molar-refractivity contribution is 5.94. The van der Waals surface area contributed by atoms with Crippen molar-refractivity contribution in [3.63, 3.8) is 0 Å². The molecule has 0 radical (unpaired) electrons. The van der Waals surface area contributed by atoms with Crippen molar-refractivity contribution in [2.45, 2.75) is 38.8 Å². The fourth-order valence-corrected chi connectivity index (χ4v) is 2.03. The Kier molecular flexibility index (Phi) is 3.41. The minimum atomic E-state index is -0.985. The minimum Gasteiger partial charge on any atom is -0.480 e. The first-order valence-corrected chi connectivity index (χ1v) is 6.20. The van der Waals surface area contributed by atoms with Gasteiger partial charge in [-0.1, -0.05) is 0 Å². The molecule has 0 atom stereocenters. The topological polar surface area (TPSA) is 62.5 Å². The van der Waals surface area contributed by atoms with Crippen LogP contribution in [0.3, 0.4) is 0 Å². The van der Waals surface area contributed by atoms with Crippen LogP contribution in [0, 0.1) is 0 Å². The second kappa shape index (κ2) is 4.84. The smallest absolute Gasteiger partial charge is 0.323 e. The summed E-state index contributed by atoms with van der Waals surface area (Å²) in [5, 5.41) is 8.87. The van der Waals surface area contributed by atoms with Gasteiger partial charge in [0.05, 0.1) is 0 Å². The molecule has 0 spiro atoms. The van der Waals surface area contributed by atoms with Crippen LogP contribution >= 0.6 is 0 Å². The summed E-state index contributed by atoms with van der Waals surface area (Å²) in [6.45, 7) is 3.39. The second-order valence-corrected chi connectivity index (χ2v) is 4.95. The molecule has 0 aromatic carbocycles. The van der Waals surface area contributed by atoms with Crippen molar-refractivity contribution in [2.75, 3.05) is 6.54 Å². The third-order valence-electron chi connectivity index (χ3n) is 3.13. The number of carbonyl (C=O) groups excluding carboxylic acids is 1. The van der Waals surface area contributed by atoms with Gasteiger partial charge in [-0.3, -0.25) is 9.59 Å². The molecule has 1 aromatic heterocycles. The first kappa shape index (κ1) is 12.7. The Morgan fingerprint density at radius 1 is 1.50 bits per heavy atom. The Labute approximate surface area is 106 Å². The number of rotatable bonds is 5. The van der Waals surface area contributed by atoms with Gasteiger partial charge in [0.15, 0.2) is 0 Å². The molecular formula is C13H18N2O3. The van der Waals surface area contributed by atoms with E-state index in [4.69, 9.17) is 5.11 Å². The molecule has 0 saturated heterocycles. The van der Waals surface area contributed by atoms with Crippen LogP contribution in [-0.4, -0.2) is 39.0 Å². The maximum Gasteiger partial charge on any atom is 0.323 e. The highest BCUT2D eigenvalue weighted by Crippen LogP contribution is 2.36. The average molecular weight is 250 g/mol. The molecule has 5 heteroatoms. The summed E-state index contributed by atoms with van der Waals surface area (Å²) in [5.74, 6) is -1.19. The highest BCUT2D eigenvalue weighted by Gasteiger charge is 2.29. The fourth-order valence-electron chi connectivity index (χ4n) is 2.03. The van der Waals surface area contributed by atoms with Gasteiger partial charge in [0, 0.05) is 18.3 Å². The molecule has 18 heavy (non-hydrogen) atoms. The predicted molar refractivity (Wildman–Crippen MR) is 66.5 cm³/mol. The van der Waals surface area contributed by atoms with E-state index in [1.165, 1.54) is 4.90 Å². The third kappa shape index (κ3) is 2.55. The molecule has 1 fully saturated rings. The SMILES string of the molecule is CC(C)N(CC(=O)O)C(=O)c1cccn1C1CC1. The number of aliphatic carboxylic acids is 1. The maximum absolute atomic E-state index is 12.4. The normalized spacial score (nSPS) is 14.8. The fraction of sp³-hybridized carbons (Fsp3) is 0.538. The van der Waals surface area contributed by atoms with Gasteiger partial charge < -0.3 is 14.6 Å². The maximum atomic E-state index is 12.4. The van der Waals surface area contributed by atoms with Gasteiger partial charge in [-0.05, 0) is 38.8 Å². The molecule has 0 bridgehead atoms. The summed E-state index contributed by atoms with van der Waals surface area (Å²) in [6.07, 6.45) is 4.08. The van der Waals surface area contributed by atoms with Crippen LogP contribution in [0.1, 0.15) is 43.2 Å². The molecule has 98 valence electrons. The van der Waals surface area contributed by atoms with Crippen molar-refractivity contribution < 1.29 is 14.7 Å². The lowest BCUT2D eigenvalue weighted by Crippen LogP contribution is -2.41. The van der Waals surface area contributed by atoms with Gasteiger partial charge in [-0.15, -0.1) is 0 Å². The van der Waals surface area contributed by atoms with E-state index >= 15 is 0 Å². The first-order chi connectivity index (χ1) is 8.50. The van der Waals surface area contributed by atoms with Crippen LogP contribution in [0.15, 0.2) is 18.3 Å². The molecule has 1 saturated carbocycles. The van der Waals surface area contributed by atoms with Crippen LogP contribution in [0.25, 0.3) is 0 Å². The first-order valence-electron chi connectivity index (χ1n) is 6.20. The zero-order chi connectivity index (χ0) is 13.3. The Bertz CT molecular complexity index is 461. The van der Waals surface area contributed by atoms with Crippen LogP contribution in [0.5, 0.6) is 0 Å². The van der Waals surface area contributed by atoms with Crippen LogP contribution in [-0.2, 0) is 4.79 Å². The van der Waals surface area contributed by atoms with Crippen LogP contribution in [0.2, 0.25) is 0 Å². The van der Waals surface area contributed by atoms with E-state index in [9.17, 15) is 9.59 Å². The number of nitrogens with zero attached hydrogens (tertiary/aromatic N) is 2. The Morgan fingerprint density at radius 3 is 2.67 bits per heavy atom. The quantitative estimate of drug-likeness (QED) is 0.866. The monoisotopic (exact) mass is 250 g/mol.